The Kier molecular flexibility index (Phi) is 5.74. The molecule has 0 fully saturated rings. The van der Waals surface area contributed by atoms with Crippen LogP contribution in [0.3, 0.4) is 0 Å². The maximum Gasteiger partial charge on any atom is 0.373 e. The van der Waals surface area contributed by atoms with Crippen molar-refractivity contribution >= 4 is 18.4 Å². The van der Waals surface area contributed by atoms with Gasteiger partial charge in [0.2, 0.25) is 0 Å². The molecule has 2 N–H and O–H groups in total. The van der Waals surface area contributed by atoms with Crippen LogP contribution < -0.4 is 5.73 Å². The predicted octanol–water partition coefficient (Wildman–Crippen LogP) is -0.360. The summed E-state index contributed by atoms with van der Waals surface area (Å²) in [7, 11) is 0. The van der Waals surface area contributed by atoms with E-state index in [1.165, 1.54) is 3.95 Å². The molecule has 0 amide bonds. The Labute approximate surface area is 77.8 Å². The molecule has 0 saturated carbocycles. The minimum absolute atomic E-state index is 0.146. The molecule has 12 heavy (non-hydrogen) atoms. The Morgan fingerprint density at radius 2 is 2.25 bits per heavy atom. The number of ether oxygens (including phenoxy) is 1. The van der Waals surface area contributed by atoms with Crippen LogP contribution in [0.5, 0.6) is 0 Å². The van der Waals surface area contributed by atoms with Crippen molar-refractivity contribution < 1.29 is 13.5 Å². The molecular weight excluding hydrogens is 176 g/mol. The molecule has 0 aromatic rings. The summed E-state index contributed by atoms with van der Waals surface area (Å²) in [6.07, 6.45) is 0. The van der Waals surface area contributed by atoms with Gasteiger partial charge in [0.15, 0.2) is 6.04 Å². The molecule has 0 aliphatic carbocycles. The fraction of sp³-hybridized carbons (Fsp3) is 0.857. The Morgan fingerprint density at radius 1 is 1.67 bits per heavy atom. The number of carbonyl (C=O) groups is 1. The van der Waals surface area contributed by atoms with Crippen molar-refractivity contribution in [1.82, 2.24) is 0 Å². The summed E-state index contributed by atoms with van der Waals surface area (Å²) in [5.41, 5.74) is 5.15. The summed E-state index contributed by atoms with van der Waals surface area (Å²) in [5, 5.41) is 0. The molecule has 4 nitrogen and oxygen atoms in total. The molecule has 0 rings (SSSR count). The number of hydrogen-bond acceptors (Lipinski definition) is 4. The van der Waals surface area contributed by atoms with Crippen LogP contribution in [-0.4, -0.2) is 35.7 Å². The monoisotopic (exact) mass is 191 g/mol. The SMILES string of the molecule is CC(C)[N+](=S)CC(=O)OCCN. The Hall–Kier alpha value is -0.550. The standard InChI is InChI=1S/C7H15N2O2S/c1-6(2)9(12)5-7(10)11-4-3-8/h6H,3-5,8H2,1-2H3/q+1. The number of carbonyl (C=O) groups excluding carboxylic acids is 1. The third-order valence-corrected chi connectivity index (χ3v) is 1.79. The first-order chi connectivity index (χ1) is 5.57. The molecule has 0 radical (unpaired) electrons. The third kappa shape index (κ3) is 5.15. The summed E-state index contributed by atoms with van der Waals surface area (Å²) < 4.78 is 6.24. The van der Waals surface area contributed by atoms with Crippen LogP contribution in [0.4, 0.5) is 0 Å². The van der Waals surface area contributed by atoms with Gasteiger partial charge in [-0.15, -0.1) is 3.95 Å². The van der Waals surface area contributed by atoms with E-state index in [-0.39, 0.29) is 25.2 Å². The first-order valence-electron chi connectivity index (χ1n) is 3.87. The second kappa shape index (κ2) is 6.02. The quantitative estimate of drug-likeness (QED) is 0.476. The van der Waals surface area contributed by atoms with Gasteiger partial charge in [-0.25, -0.2) is 4.79 Å². The zero-order valence-electron chi connectivity index (χ0n) is 7.45. The van der Waals surface area contributed by atoms with E-state index >= 15 is 0 Å². The smallest absolute Gasteiger partial charge is 0.373 e. The summed E-state index contributed by atoms with van der Waals surface area (Å²) in [6, 6.07) is 0.172. The Bertz CT molecular complexity index is 171. The second-order valence-corrected chi connectivity index (χ2v) is 3.15. The van der Waals surface area contributed by atoms with Crippen LogP contribution in [0, 0.1) is 0 Å². The molecule has 0 aromatic carbocycles. The second-order valence-electron chi connectivity index (χ2n) is 2.68. The number of rotatable bonds is 5. The normalized spacial score (nSPS) is 10.0. The average Bonchev–Trinajstić information content (AvgIpc) is 2.00. The average molecular weight is 191 g/mol. The van der Waals surface area contributed by atoms with Gasteiger partial charge in [-0.3, -0.25) is 0 Å². The van der Waals surface area contributed by atoms with E-state index < -0.39 is 0 Å². The lowest BCUT2D eigenvalue weighted by molar-refractivity contribution is -0.521. The lowest BCUT2D eigenvalue weighted by atomic mass is 10.4. The summed E-state index contributed by atoms with van der Waals surface area (Å²) >= 11 is 4.89. The molecule has 0 unspecified atom stereocenters. The van der Waals surface area contributed by atoms with Crippen molar-refractivity contribution in [3.05, 3.63) is 0 Å². The van der Waals surface area contributed by atoms with Crippen molar-refractivity contribution in [3.63, 3.8) is 0 Å². The van der Waals surface area contributed by atoms with Gasteiger partial charge >= 0.3 is 5.97 Å². The van der Waals surface area contributed by atoms with Gasteiger partial charge in [-0.05, 0) is 13.8 Å². The van der Waals surface area contributed by atoms with Crippen LogP contribution in [-0.2, 0) is 22.0 Å². The van der Waals surface area contributed by atoms with E-state index in [4.69, 9.17) is 22.9 Å². The van der Waals surface area contributed by atoms with Gasteiger partial charge < -0.3 is 10.5 Å². The zero-order chi connectivity index (χ0) is 9.56. The summed E-state index contributed by atoms with van der Waals surface area (Å²) in [4.78, 5) is 10.9. The maximum absolute atomic E-state index is 10.9. The van der Waals surface area contributed by atoms with E-state index in [0.717, 1.165) is 0 Å². The van der Waals surface area contributed by atoms with Crippen molar-refractivity contribution in [3.8, 4) is 0 Å². The van der Waals surface area contributed by atoms with Crippen LogP contribution in [0.2, 0.25) is 0 Å². The van der Waals surface area contributed by atoms with Gasteiger partial charge in [0.25, 0.3) is 19.0 Å². The van der Waals surface area contributed by atoms with Gasteiger partial charge in [0.05, 0.1) is 0 Å². The maximum atomic E-state index is 10.9. The topological polar surface area (TPSA) is 55.3 Å². The van der Waals surface area contributed by atoms with Crippen molar-refractivity contribution in [2.45, 2.75) is 19.9 Å². The number of nitrogens with zero attached hydrogens (tertiary/aromatic N) is 1. The van der Waals surface area contributed by atoms with E-state index in [1.54, 1.807) is 0 Å². The molecular formula is C7H15N2O2S+. The molecule has 0 aromatic heterocycles. The molecule has 0 aliphatic heterocycles. The third-order valence-electron chi connectivity index (χ3n) is 1.24. The first-order valence-corrected chi connectivity index (χ1v) is 4.24. The fourth-order valence-electron chi connectivity index (χ4n) is 0.528. The number of nitrogens with two attached hydrogens (primary N) is 1. The molecule has 0 aliphatic rings. The van der Waals surface area contributed by atoms with Crippen LogP contribution in [0.1, 0.15) is 13.8 Å². The molecule has 0 atom stereocenters. The van der Waals surface area contributed by atoms with E-state index in [1.807, 2.05) is 13.8 Å². The summed E-state index contributed by atoms with van der Waals surface area (Å²) in [6.45, 7) is 4.60. The highest BCUT2D eigenvalue weighted by Gasteiger charge is 2.15. The largest absolute Gasteiger partial charge is 0.460 e. The van der Waals surface area contributed by atoms with Crippen LogP contribution in [0.25, 0.3) is 0 Å². The molecule has 0 saturated heterocycles. The minimum atomic E-state index is -0.316. The Morgan fingerprint density at radius 3 is 2.67 bits per heavy atom. The van der Waals surface area contributed by atoms with E-state index in [9.17, 15) is 4.79 Å². The lowest BCUT2D eigenvalue weighted by Crippen LogP contribution is -2.27. The van der Waals surface area contributed by atoms with E-state index in [2.05, 4.69) is 0 Å². The molecule has 5 heteroatoms. The fourth-order valence-corrected chi connectivity index (χ4v) is 0.634. The van der Waals surface area contributed by atoms with Gasteiger partial charge in [-0.1, -0.05) is 0 Å². The highest BCUT2D eigenvalue weighted by Crippen LogP contribution is 1.88. The summed E-state index contributed by atoms with van der Waals surface area (Å²) in [5.74, 6) is -0.316. The Balaban J connectivity index is 3.62. The van der Waals surface area contributed by atoms with Gasteiger partial charge in [0, 0.05) is 6.54 Å². The van der Waals surface area contributed by atoms with Gasteiger partial charge in [-0.2, -0.15) is 0 Å². The highest BCUT2D eigenvalue weighted by molar-refractivity contribution is 7.44. The predicted molar refractivity (Wildman–Crippen MR) is 47.6 cm³/mol. The molecule has 0 heterocycles. The minimum Gasteiger partial charge on any atom is -0.460 e. The molecule has 70 valence electrons. The highest BCUT2D eigenvalue weighted by atomic mass is 32.1. The van der Waals surface area contributed by atoms with Crippen LogP contribution in [0.15, 0.2) is 0 Å². The van der Waals surface area contributed by atoms with Crippen molar-refractivity contribution in [2.75, 3.05) is 19.7 Å². The van der Waals surface area contributed by atoms with Crippen molar-refractivity contribution in [1.29, 1.82) is 0 Å². The van der Waals surface area contributed by atoms with E-state index in [0.29, 0.717) is 6.54 Å². The zero-order valence-corrected chi connectivity index (χ0v) is 8.26. The lowest BCUT2D eigenvalue weighted by Gasteiger charge is -2.02. The van der Waals surface area contributed by atoms with Gasteiger partial charge in [0.1, 0.15) is 6.61 Å². The molecule has 0 spiro atoms. The van der Waals surface area contributed by atoms with Crippen molar-refractivity contribution in [2.24, 2.45) is 5.73 Å². The number of esters is 1. The first kappa shape index (κ1) is 11.4. The number of hydrogen-bond donors (Lipinski definition) is 1. The van der Waals surface area contributed by atoms with Crippen LogP contribution >= 0.6 is 0 Å². The molecule has 0 bridgehead atoms.